The Labute approximate surface area is 142 Å². The first-order chi connectivity index (χ1) is 11.2. The quantitative estimate of drug-likeness (QED) is 0.909. The van der Waals surface area contributed by atoms with Crippen LogP contribution in [-0.4, -0.2) is 62.8 Å². The monoisotopic (exact) mass is 337 g/mol. The lowest BCUT2D eigenvalue weighted by atomic mass is 10.1. The van der Waals surface area contributed by atoms with E-state index in [1.54, 1.807) is 0 Å². The van der Waals surface area contributed by atoms with Gasteiger partial charge in [-0.05, 0) is 44.1 Å². The molecule has 1 amide bonds. The molecule has 0 aliphatic carbocycles. The molecule has 0 spiro atoms. The van der Waals surface area contributed by atoms with Crippen molar-refractivity contribution in [3.8, 4) is 0 Å². The Balaban J connectivity index is 1.43. The van der Waals surface area contributed by atoms with Crippen LogP contribution in [0.25, 0.3) is 0 Å². The summed E-state index contributed by atoms with van der Waals surface area (Å²) < 4.78 is 5.76. The lowest BCUT2D eigenvalue weighted by Gasteiger charge is -2.36. The SMILES string of the molecule is O=C(COC1CCNCC1)N1CCN(c2cccc(Cl)c2)CC1. The van der Waals surface area contributed by atoms with Gasteiger partial charge in [0.25, 0.3) is 0 Å². The number of anilines is 1. The number of hydrogen-bond acceptors (Lipinski definition) is 4. The minimum Gasteiger partial charge on any atom is -0.368 e. The first-order valence-corrected chi connectivity index (χ1v) is 8.71. The lowest BCUT2D eigenvalue weighted by molar-refractivity contribution is -0.139. The van der Waals surface area contributed by atoms with E-state index in [4.69, 9.17) is 16.3 Å². The van der Waals surface area contributed by atoms with Gasteiger partial charge in [-0.2, -0.15) is 0 Å². The first-order valence-electron chi connectivity index (χ1n) is 8.33. The molecule has 2 fully saturated rings. The number of ether oxygens (including phenoxy) is 1. The summed E-state index contributed by atoms with van der Waals surface area (Å²) in [5.41, 5.74) is 1.12. The summed E-state index contributed by atoms with van der Waals surface area (Å²) in [5.74, 6) is 0.106. The van der Waals surface area contributed by atoms with Crippen LogP contribution in [0.15, 0.2) is 24.3 Å². The number of piperidine rings is 1. The van der Waals surface area contributed by atoms with Crippen molar-refractivity contribution in [2.45, 2.75) is 18.9 Å². The van der Waals surface area contributed by atoms with E-state index in [0.717, 1.165) is 62.8 Å². The largest absolute Gasteiger partial charge is 0.368 e. The molecule has 0 unspecified atom stereocenters. The highest BCUT2D eigenvalue weighted by atomic mass is 35.5. The third kappa shape index (κ3) is 4.59. The number of nitrogens with zero attached hydrogens (tertiary/aromatic N) is 2. The van der Waals surface area contributed by atoms with Gasteiger partial charge in [-0.1, -0.05) is 17.7 Å². The molecule has 2 aliphatic rings. The number of rotatable bonds is 4. The van der Waals surface area contributed by atoms with Crippen molar-refractivity contribution in [3.05, 3.63) is 29.3 Å². The van der Waals surface area contributed by atoms with E-state index in [0.29, 0.717) is 0 Å². The van der Waals surface area contributed by atoms with Gasteiger partial charge in [-0.3, -0.25) is 4.79 Å². The van der Waals surface area contributed by atoms with Crippen molar-refractivity contribution in [1.82, 2.24) is 10.2 Å². The Morgan fingerprint density at radius 2 is 1.96 bits per heavy atom. The van der Waals surface area contributed by atoms with Crippen LogP contribution >= 0.6 is 11.6 Å². The highest BCUT2D eigenvalue weighted by molar-refractivity contribution is 6.30. The topological polar surface area (TPSA) is 44.8 Å². The Bertz CT molecular complexity index is 526. The number of hydrogen-bond donors (Lipinski definition) is 1. The molecule has 5 nitrogen and oxygen atoms in total. The summed E-state index contributed by atoms with van der Waals surface area (Å²) in [6.45, 7) is 5.32. The van der Waals surface area contributed by atoms with Crippen LogP contribution in [0, 0.1) is 0 Å². The average molecular weight is 338 g/mol. The van der Waals surface area contributed by atoms with Gasteiger partial charge in [0.1, 0.15) is 6.61 Å². The summed E-state index contributed by atoms with van der Waals surface area (Å²) in [6.07, 6.45) is 2.22. The second-order valence-electron chi connectivity index (χ2n) is 6.11. The Morgan fingerprint density at radius 1 is 1.22 bits per heavy atom. The average Bonchev–Trinajstić information content (AvgIpc) is 2.61. The molecule has 6 heteroatoms. The molecule has 0 bridgehead atoms. The second kappa shape index (κ2) is 7.99. The van der Waals surface area contributed by atoms with Crippen LogP contribution < -0.4 is 10.2 Å². The van der Waals surface area contributed by atoms with Crippen LogP contribution in [0.4, 0.5) is 5.69 Å². The maximum atomic E-state index is 12.3. The van der Waals surface area contributed by atoms with E-state index in [-0.39, 0.29) is 18.6 Å². The van der Waals surface area contributed by atoms with Crippen LogP contribution in [0.3, 0.4) is 0 Å². The summed E-state index contributed by atoms with van der Waals surface area (Å²) in [6, 6.07) is 7.87. The lowest BCUT2D eigenvalue weighted by Crippen LogP contribution is -2.50. The molecule has 2 aliphatic heterocycles. The van der Waals surface area contributed by atoms with Crippen LogP contribution in [0.5, 0.6) is 0 Å². The summed E-state index contributed by atoms with van der Waals surface area (Å²) in [7, 11) is 0. The van der Waals surface area contributed by atoms with Crippen molar-refractivity contribution in [2.24, 2.45) is 0 Å². The molecule has 2 saturated heterocycles. The molecule has 3 rings (SSSR count). The summed E-state index contributed by atoms with van der Waals surface area (Å²) in [4.78, 5) is 16.5. The zero-order valence-electron chi connectivity index (χ0n) is 13.3. The molecular weight excluding hydrogens is 314 g/mol. The summed E-state index contributed by atoms with van der Waals surface area (Å²) >= 11 is 6.05. The minimum atomic E-state index is 0.106. The Kier molecular flexibility index (Phi) is 5.75. The fourth-order valence-electron chi connectivity index (χ4n) is 3.13. The van der Waals surface area contributed by atoms with Crippen LogP contribution in [0.1, 0.15) is 12.8 Å². The van der Waals surface area contributed by atoms with Crippen molar-refractivity contribution >= 4 is 23.2 Å². The van der Waals surface area contributed by atoms with Crippen LogP contribution in [-0.2, 0) is 9.53 Å². The molecule has 1 N–H and O–H groups in total. The number of benzene rings is 1. The van der Waals surface area contributed by atoms with E-state index < -0.39 is 0 Å². The minimum absolute atomic E-state index is 0.106. The van der Waals surface area contributed by atoms with E-state index in [9.17, 15) is 4.79 Å². The molecule has 2 heterocycles. The standard InChI is InChI=1S/C17H24ClN3O2/c18-14-2-1-3-15(12-14)20-8-10-21(11-9-20)17(22)13-23-16-4-6-19-7-5-16/h1-3,12,16,19H,4-11,13H2. The third-order valence-electron chi connectivity index (χ3n) is 4.53. The number of carbonyl (C=O) groups excluding carboxylic acids is 1. The smallest absolute Gasteiger partial charge is 0.248 e. The van der Waals surface area contributed by atoms with Crippen molar-refractivity contribution in [1.29, 1.82) is 0 Å². The van der Waals surface area contributed by atoms with Gasteiger partial charge in [-0.25, -0.2) is 0 Å². The van der Waals surface area contributed by atoms with E-state index in [1.165, 1.54) is 0 Å². The van der Waals surface area contributed by atoms with Crippen molar-refractivity contribution < 1.29 is 9.53 Å². The molecule has 0 atom stereocenters. The molecule has 1 aromatic rings. The fourth-order valence-corrected chi connectivity index (χ4v) is 3.31. The number of halogens is 1. The number of piperazine rings is 1. The van der Waals surface area contributed by atoms with Gasteiger partial charge in [0, 0.05) is 36.9 Å². The molecular formula is C17H24ClN3O2. The van der Waals surface area contributed by atoms with E-state index >= 15 is 0 Å². The van der Waals surface area contributed by atoms with Crippen molar-refractivity contribution in [3.63, 3.8) is 0 Å². The van der Waals surface area contributed by atoms with Gasteiger partial charge in [0.2, 0.25) is 5.91 Å². The van der Waals surface area contributed by atoms with Gasteiger partial charge in [0.15, 0.2) is 0 Å². The van der Waals surface area contributed by atoms with E-state index in [2.05, 4.69) is 16.3 Å². The van der Waals surface area contributed by atoms with E-state index in [1.807, 2.05) is 23.1 Å². The molecule has 0 saturated carbocycles. The summed E-state index contributed by atoms with van der Waals surface area (Å²) in [5, 5.41) is 4.05. The number of nitrogens with one attached hydrogen (secondary N) is 1. The fraction of sp³-hybridized carbons (Fsp3) is 0.588. The Morgan fingerprint density at radius 3 is 2.65 bits per heavy atom. The van der Waals surface area contributed by atoms with Crippen LogP contribution in [0.2, 0.25) is 5.02 Å². The molecule has 0 radical (unpaired) electrons. The van der Waals surface area contributed by atoms with Gasteiger partial charge in [0.05, 0.1) is 6.10 Å². The normalized spacial score (nSPS) is 19.9. The molecule has 1 aromatic carbocycles. The Hall–Kier alpha value is -1.30. The first kappa shape index (κ1) is 16.6. The van der Waals surface area contributed by atoms with Gasteiger partial charge >= 0.3 is 0 Å². The van der Waals surface area contributed by atoms with Gasteiger partial charge in [-0.15, -0.1) is 0 Å². The van der Waals surface area contributed by atoms with Crippen molar-refractivity contribution in [2.75, 3.05) is 50.8 Å². The maximum Gasteiger partial charge on any atom is 0.248 e. The maximum absolute atomic E-state index is 12.3. The zero-order valence-corrected chi connectivity index (χ0v) is 14.1. The number of amides is 1. The zero-order chi connectivity index (χ0) is 16.1. The highest BCUT2D eigenvalue weighted by Gasteiger charge is 2.23. The third-order valence-corrected chi connectivity index (χ3v) is 4.77. The number of carbonyl (C=O) groups is 1. The molecule has 0 aromatic heterocycles. The molecule has 23 heavy (non-hydrogen) atoms. The highest BCUT2D eigenvalue weighted by Crippen LogP contribution is 2.20. The predicted octanol–water partition coefficient (Wildman–Crippen LogP) is 1.76. The molecule has 126 valence electrons. The van der Waals surface area contributed by atoms with Gasteiger partial charge < -0.3 is 19.9 Å². The predicted molar refractivity (Wildman–Crippen MR) is 92.1 cm³/mol. The second-order valence-corrected chi connectivity index (χ2v) is 6.54.